The van der Waals surface area contributed by atoms with Gasteiger partial charge in [0.15, 0.2) is 5.78 Å². The van der Waals surface area contributed by atoms with Gasteiger partial charge in [-0.2, -0.15) is 0 Å². The van der Waals surface area contributed by atoms with E-state index in [9.17, 15) is 4.79 Å². The van der Waals surface area contributed by atoms with Crippen molar-refractivity contribution in [1.29, 1.82) is 0 Å². The normalized spacial score (nSPS) is 24.3. The molecule has 0 bridgehead atoms. The Kier molecular flexibility index (Phi) is 2.90. The van der Waals surface area contributed by atoms with Gasteiger partial charge in [-0.05, 0) is 30.0 Å². The highest BCUT2D eigenvalue weighted by molar-refractivity contribution is 6.04. The van der Waals surface area contributed by atoms with Crippen LogP contribution >= 0.6 is 0 Å². The predicted molar refractivity (Wildman–Crippen MR) is 72.2 cm³/mol. The zero-order valence-electron chi connectivity index (χ0n) is 11.1. The summed E-state index contributed by atoms with van der Waals surface area (Å²) in [5, 5.41) is 0. The van der Waals surface area contributed by atoms with Crippen molar-refractivity contribution >= 4 is 5.78 Å². The van der Waals surface area contributed by atoms with Crippen LogP contribution in [-0.2, 0) is 11.2 Å². The average Bonchev–Trinajstić information content (AvgIpc) is 2.45. The fraction of sp³-hybridized carbons (Fsp3) is 0.312. The first-order valence-electron chi connectivity index (χ1n) is 6.38. The molecule has 3 heteroatoms. The topological polar surface area (TPSA) is 35.5 Å². The van der Waals surface area contributed by atoms with Gasteiger partial charge in [-0.15, -0.1) is 0 Å². The van der Waals surface area contributed by atoms with Gasteiger partial charge in [0.1, 0.15) is 11.5 Å². The predicted octanol–water partition coefficient (Wildman–Crippen LogP) is 2.77. The molecule has 0 heterocycles. The number of rotatable bonds is 2. The number of Topliss-reactive ketones (excluding diaryl/α,β-unsaturated/α-hetero) is 1. The first kappa shape index (κ1) is 12.0. The molecule has 3 nitrogen and oxygen atoms in total. The van der Waals surface area contributed by atoms with Crippen molar-refractivity contribution in [2.24, 2.45) is 11.8 Å². The number of fused-ring (bicyclic) bond motifs is 2. The molecule has 2 aliphatic carbocycles. The lowest BCUT2D eigenvalue weighted by Crippen LogP contribution is -2.34. The third-order valence-corrected chi connectivity index (χ3v) is 3.91. The Balaban J connectivity index is 2.12. The van der Waals surface area contributed by atoms with Gasteiger partial charge in [0.05, 0.1) is 25.7 Å². The van der Waals surface area contributed by atoms with Gasteiger partial charge >= 0.3 is 0 Å². The van der Waals surface area contributed by atoms with Crippen LogP contribution in [0, 0.1) is 11.8 Å². The number of ketones is 1. The molecule has 19 heavy (non-hydrogen) atoms. The molecule has 1 aromatic carbocycles. The van der Waals surface area contributed by atoms with E-state index >= 15 is 0 Å². The van der Waals surface area contributed by atoms with Gasteiger partial charge in [0, 0.05) is 0 Å². The van der Waals surface area contributed by atoms with Gasteiger partial charge in [-0.3, -0.25) is 4.79 Å². The summed E-state index contributed by atoms with van der Waals surface area (Å²) in [6, 6.07) is 5.78. The Morgan fingerprint density at radius 3 is 2.79 bits per heavy atom. The molecule has 3 rings (SSSR count). The molecular weight excluding hydrogens is 240 g/mol. The summed E-state index contributed by atoms with van der Waals surface area (Å²) >= 11 is 0. The number of methoxy groups -OCH3 is 2. The highest BCUT2D eigenvalue weighted by atomic mass is 16.5. The first-order valence-corrected chi connectivity index (χ1v) is 6.38. The third kappa shape index (κ3) is 1.77. The zero-order valence-corrected chi connectivity index (χ0v) is 11.1. The number of hydrogen-bond donors (Lipinski definition) is 0. The molecule has 0 amide bonds. The van der Waals surface area contributed by atoms with Crippen molar-refractivity contribution in [2.75, 3.05) is 14.2 Å². The summed E-state index contributed by atoms with van der Waals surface area (Å²) < 4.78 is 10.7. The molecule has 0 aliphatic heterocycles. The molecule has 0 N–H and O–H groups in total. The van der Waals surface area contributed by atoms with Crippen LogP contribution in [0.4, 0.5) is 0 Å². The smallest absolute Gasteiger partial charge is 0.178 e. The van der Waals surface area contributed by atoms with Gasteiger partial charge < -0.3 is 9.47 Å². The van der Waals surface area contributed by atoms with E-state index in [-0.39, 0.29) is 17.6 Å². The van der Waals surface area contributed by atoms with Crippen LogP contribution in [0.3, 0.4) is 0 Å². The molecule has 2 aliphatic rings. The highest BCUT2D eigenvalue weighted by Crippen LogP contribution is 2.40. The van der Waals surface area contributed by atoms with E-state index in [0.29, 0.717) is 11.3 Å². The number of carbonyl (C=O) groups is 1. The van der Waals surface area contributed by atoms with Crippen molar-refractivity contribution in [3.63, 3.8) is 0 Å². The Morgan fingerprint density at radius 1 is 1.21 bits per heavy atom. The minimum Gasteiger partial charge on any atom is -0.500 e. The molecule has 2 atom stereocenters. The van der Waals surface area contributed by atoms with Crippen LogP contribution in [0.2, 0.25) is 0 Å². The average molecular weight is 256 g/mol. The molecule has 0 spiro atoms. The van der Waals surface area contributed by atoms with E-state index in [0.717, 1.165) is 17.7 Å². The van der Waals surface area contributed by atoms with Crippen molar-refractivity contribution in [3.8, 4) is 5.75 Å². The maximum Gasteiger partial charge on any atom is 0.178 e. The number of hydrogen-bond acceptors (Lipinski definition) is 3. The fourth-order valence-electron chi connectivity index (χ4n) is 3.03. The Labute approximate surface area is 112 Å². The van der Waals surface area contributed by atoms with Crippen LogP contribution in [0.25, 0.3) is 0 Å². The Bertz CT molecular complexity index is 584. The second kappa shape index (κ2) is 4.57. The molecule has 0 saturated heterocycles. The standard InChI is InChI=1S/C16H16O3/c1-18-12-7-3-5-10-9-11-6-4-8-13(19-2)15(11)16(17)14(10)12/h3-8,10,14H,9H2,1-2H3. The number of allylic oxidation sites excluding steroid dienone is 4. The largest absolute Gasteiger partial charge is 0.500 e. The molecule has 98 valence electrons. The molecule has 0 aromatic heterocycles. The highest BCUT2D eigenvalue weighted by Gasteiger charge is 2.40. The summed E-state index contributed by atoms with van der Waals surface area (Å²) in [7, 11) is 3.22. The summed E-state index contributed by atoms with van der Waals surface area (Å²) in [6.45, 7) is 0. The fourth-order valence-corrected chi connectivity index (χ4v) is 3.03. The maximum absolute atomic E-state index is 12.8. The Morgan fingerprint density at radius 2 is 2.05 bits per heavy atom. The van der Waals surface area contributed by atoms with E-state index in [4.69, 9.17) is 9.47 Å². The van der Waals surface area contributed by atoms with Crippen LogP contribution in [-0.4, -0.2) is 20.0 Å². The van der Waals surface area contributed by atoms with Crippen LogP contribution in [0.1, 0.15) is 15.9 Å². The van der Waals surface area contributed by atoms with Crippen molar-refractivity contribution in [1.82, 2.24) is 0 Å². The van der Waals surface area contributed by atoms with Crippen molar-refractivity contribution in [2.45, 2.75) is 6.42 Å². The minimum atomic E-state index is -0.209. The van der Waals surface area contributed by atoms with E-state index < -0.39 is 0 Å². The summed E-state index contributed by atoms with van der Waals surface area (Å²) in [4.78, 5) is 12.8. The molecular formula is C16H16O3. The SMILES string of the molecule is COC1=CC=CC2Cc3cccc(OC)c3C(=O)C12. The van der Waals surface area contributed by atoms with E-state index in [1.807, 2.05) is 30.4 Å². The lowest BCUT2D eigenvalue weighted by molar-refractivity contribution is 0.0837. The molecule has 0 radical (unpaired) electrons. The maximum atomic E-state index is 12.8. The lowest BCUT2D eigenvalue weighted by atomic mass is 9.72. The minimum absolute atomic E-state index is 0.0983. The molecule has 0 saturated carbocycles. The van der Waals surface area contributed by atoms with E-state index in [2.05, 4.69) is 6.08 Å². The third-order valence-electron chi connectivity index (χ3n) is 3.91. The quantitative estimate of drug-likeness (QED) is 0.816. The molecule has 1 aromatic rings. The first-order chi connectivity index (χ1) is 9.26. The Hall–Kier alpha value is -2.03. The van der Waals surface area contributed by atoms with Gasteiger partial charge in [0.25, 0.3) is 0 Å². The van der Waals surface area contributed by atoms with E-state index in [1.54, 1.807) is 14.2 Å². The van der Waals surface area contributed by atoms with Crippen LogP contribution in [0.15, 0.2) is 42.2 Å². The molecule has 2 unspecified atom stereocenters. The summed E-state index contributed by atoms with van der Waals surface area (Å²) in [5.41, 5.74) is 1.78. The van der Waals surface area contributed by atoms with Crippen molar-refractivity contribution < 1.29 is 14.3 Å². The number of benzene rings is 1. The zero-order chi connectivity index (χ0) is 13.4. The van der Waals surface area contributed by atoms with Gasteiger partial charge in [-0.1, -0.05) is 24.3 Å². The summed E-state index contributed by atoms with van der Waals surface area (Å²) in [5.74, 6) is 1.48. The van der Waals surface area contributed by atoms with Gasteiger partial charge in [0.2, 0.25) is 0 Å². The van der Waals surface area contributed by atoms with Crippen LogP contribution in [0.5, 0.6) is 5.75 Å². The second-order valence-electron chi connectivity index (χ2n) is 4.86. The van der Waals surface area contributed by atoms with E-state index in [1.165, 1.54) is 0 Å². The summed E-state index contributed by atoms with van der Waals surface area (Å²) in [6.07, 6.45) is 6.78. The monoisotopic (exact) mass is 256 g/mol. The van der Waals surface area contributed by atoms with Crippen LogP contribution < -0.4 is 4.74 Å². The number of carbonyl (C=O) groups excluding carboxylic acids is 1. The van der Waals surface area contributed by atoms with Gasteiger partial charge in [-0.25, -0.2) is 0 Å². The lowest BCUT2D eigenvalue weighted by Gasteiger charge is -2.33. The second-order valence-corrected chi connectivity index (χ2v) is 4.86. The van der Waals surface area contributed by atoms with Crippen molar-refractivity contribution in [3.05, 3.63) is 53.3 Å². The molecule has 0 fully saturated rings. The number of ether oxygens (including phenoxy) is 2.